The normalized spacial score (nSPS) is 10.4. The van der Waals surface area contributed by atoms with E-state index >= 15 is 0 Å². The number of hydrogen-bond donors (Lipinski definition) is 1. The van der Waals surface area contributed by atoms with Crippen molar-refractivity contribution in [2.75, 3.05) is 6.61 Å². The van der Waals surface area contributed by atoms with Crippen LogP contribution in [0.3, 0.4) is 0 Å². The average Bonchev–Trinajstić information content (AvgIpc) is 2.24. The zero-order chi connectivity index (χ0) is 12.0. The van der Waals surface area contributed by atoms with Crippen LogP contribution in [-0.2, 0) is 0 Å². The molecule has 16 heavy (non-hydrogen) atoms. The topological polar surface area (TPSA) is 48.1 Å². The summed E-state index contributed by atoms with van der Waals surface area (Å²) < 4.78 is 5.59. The van der Waals surface area contributed by atoms with Crippen LogP contribution in [0, 0.1) is 5.92 Å². The zero-order valence-electron chi connectivity index (χ0n) is 9.77. The Labute approximate surface area is 102 Å². The molecule has 0 radical (unpaired) electrons. The van der Waals surface area contributed by atoms with Gasteiger partial charge in [0.15, 0.2) is 0 Å². The van der Waals surface area contributed by atoms with E-state index in [1.165, 1.54) is 6.42 Å². The molecule has 0 saturated carbocycles. The lowest BCUT2D eigenvalue weighted by molar-refractivity contribution is 0.297. The van der Waals surface area contributed by atoms with E-state index in [0.29, 0.717) is 16.6 Å². The predicted octanol–water partition coefficient (Wildman–Crippen LogP) is 2.53. The molecule has 0 aromatic carbocycles. The maximum atomic E-state index is 5.59. The first-order valence-electron chi connectivity index (χ1n) is 5.48. The minimum absolute atomic E-state index is 0.299. The molecule has 4 heteroatoms. The zero-order valence-corrected chi connectivity index (χ0v) is 10.6. The van der Waals surface area contributed by atoms with Gasteiger partial charge in [-0.05, 0) is 24.8 Å². The number of pyridine rings is 1. The molecule has 0 fully saturated rings. The molecular formula is C12H18N2OS. The lowest BCUT2D eigenvalue weighted by Crippen LogP contribution is -2.11. The first-order chi connectivity index (χ1) is 7.59. The first kappa shape index (κ1) is 12.9. The SMILES string of the molecule is CC(C)CCCOc1ccnc(C(N)=S)c1. The molecule has 0 aliphatic rings. The van der Waals surface area contributed by atoms with Crippen LogP contribution in [0.15, 0.2) is 18.3 Å². The Morgan fingerprint density at radius 1 is 1.56 bits per heavy atom. The highest BCUT2D eigenvalue weighted by Gasteiger charge is 2.01. The molecule has 0 saturated heterocycles. The van der Waals surface area contributed by atoms with Gasteiger partial charge >= 0.3 is 0 Å². The second-order valence-electron chi connectivity index (χ2n) is 4.13. The number of hydrogen-bond acceptors (Lipinski definition) is 3. The monoisotopic (exact) mass is 238 g/mol. The van der Waals surface area contributed by atoms with Crippen molar-refractivity contribution in [3.8, 4) is 5.75 Å². The molecule has 1 heterocycles. The van der Waals surface area contributed by atoms with Gasteiger partial charge in [0, 0.05) is 12.3 Å². The lowest BCUT2D eigenvalue weighted by Gasteiger charge is -2.08. The summed E-state index contributed by atoms with van der Waals surface area (Å²) >= 11 is 4.85. The summed E-state index contributed by atoms with van der Waals surface area (Å²) in [6.45, 7) is 5.13. The maximum Gasteiger partial charge on any atom is 0.123 e. The van der Waals surface area contributed by atoms with Crippen LogP contribution >= 0.6 is 12.2 Å². The Kier molecular flexibility index (Phi) is 5.19. The number of rotatable bonds is 6. The van der Waals surface area contributed by atoms with Crippen molar-refractivity contribution in [2.24, 2.45) is 11.7 Å². The smallest absolute Gasteiger partial charge is 0.123 e. The van der Waals surface area contributed by atoms with E-state index in [1.807, 2.05) is 6.07 Å². The number of ether oxygens (including phenoxy) is 1. The van der Waals surface area contributed by atoms with Crippen molar-refractivity contribution in [3.63, 3.8) is 0 Å². The van der Waals surface area contributed by atoms with Crippen molar-refractivity contribution < 1.29 is 4.74 Å². The molecule has 0 aliphatic carbocycles. The highest BCUT2D eigenvalue weighted by Crippen LogP contribution is 2.12. The number of nitrogens with zero attached hydrogens (tertiary/aromatic N) is 1. The minimum Gasteiger partial charge on any atom is -0.493 e. The van der Waals surface area contributed by atoms with E-state index in [2.05, 4.69) is 18.8 Å². The maximum absolute atomic E-state index is 5.59. The fourth-order valence-electron chi connectivity index (χ4n) is 1.32. The second-order valence-corrected chi connectivity index (χ2v) is 4.57. The van der Waals surface area contributed by atoms with E-state index in [9.17, 15) is 0 Å². The van der Waals surface area contributed by atoms with Crippen molar-refractivity contribution in [1.82, 2.24) is 4.98 Å². The average molecular weight is 238 g/mol. The molecule has 3 nitrogen and oxygen atoms in total. The van der Waals surface area contributed by atoms with Gasteiger partial charge in [-0.15, -0.1) is 0 Å². The molecular weight excluding hydrogens is 220 g/mol. The van der Waals surface area contributed by atoms with Gasteiger partial charge in [-0.3, -0.25) is 4.98 Å². The third kappa shape index (κ3) is 4.57. The third-order valence-corrected chi connectivity index (χ3v) is 2.39. The standard InChI is InChI=1S/C12H18N2OS/c1-9(2)4-3-7-15-10-5-6-14-11(8-10)12(13)16/h5-6,8-9H,3-4,7H2,1-2H3,(H2,13,16). The highest BCUT2D eigenvalue weighted by molar-refractivity contribution is 7.80. The van der Waals surface area contributed by atoms with Gasteiger partial charge in [-0.25, -0.2) is 0 Å². The summed E-state index contributed by atoms with van der Waals surface area (Å²) in [4.78, 5) is 4.35. The van der Waals surface area contributed by atoms with Gasteiger partial charge < -0.3 is 10.5 Å². The highest BCUT2D eigenvalue weighted by atomic mass is 32.1. The van der Waals surface area contributed by atoms with Crippen LogP contribution in [0.25, 0.3) is 0 Å². The molecule has 0 atom stereocenters. The second kappa shape index (κ2) is 6.43. The van der Waals surface area contributed by atoms with Crippen LogP contribution in [0.5, 0.6) is 5.75 Å². The Hall–Kier alpha value is -1.16. The van der Waals surface area contributed by atoms with Gasteiger partial charge in [0.05, 0.1) is 6.61 Å². The Morgan fingerprint density at radius 2 is 2.31 bits per heavy atom. The Bertz CT molecular complexity index is 353. The molecule has 0 spiro atoms. The summed E-state index contributed by atoms with van der Waals surface area (Å²) in [5, 5.41) is 0. The van der Waals surface area contributed by atoms with Crippen molar-refractivity contribution in [1.29, 1.82) is 0 Å². The van der Waals surface area contributed by atoms with Gasteiger partial charge in [-0.2, -0.15) is 0 Å². The minimum atomic E-state index is 0.299. The Morgan fingerprint density at radius 3 is 2.94 bits per heavy atom. The van der Waals surface area contributed by atoms with Gasteiger partial charge in [0.2, 0.25) is 0 Å². The van der Waals surface area contributed by atoms with E-state index in [4.69, 9.17) is 22.7 Å². The fourth-order valence-corrected chi connectivity index (χ4v) is 1.43. The summed E-state index contributed by atoms with van der Waals surface area (Å²) in [7, 11) is 0. The van der Waals surface area contributed by atoms with Crippen molar-refractivity contribution in [2.45, 2.75) is 26.7 Å². The van der Waals surface area contributed by atoms with E-state index < -0.39 is 0 Å². The third-order valence-electron chi connectivity index (χ3n) is 2.18. The lowest BCUT2D eigenvalue weighted by atomic mass is 10.1. The number of thiocarbonyl (C=S) groups is 1. The van der Waals surface area contributed by atoms with Gasteiger partial charge in [-0.1, -0.05) is 26.1 Å². The molecule has 88 valence electrons. The van der Waals surface area contributed by atoms with Crippen molar-refractivity contribution in [3.05, 3.63) is 24.0 Å². The summed E-state index contributed by atoms with van der Waals surface area (Å²) in [5.41, 5.74) is 6.10. The van der Waals surface area contributed by atoms with Crippen LogP contribution in [-0.4, -0.2) is 16.6 Å². The number of nitrogens with two attached hydrogens (primary N) is 1. The summed E-state index contributed by atoms with van der Waals surface area (Å²) in [6, 6.07) is 3.59. The molecule has 0 amide bonds. The molecule has 1 rings (SSSR count). The predicted molar refractivity (Wildman–Crippen MR) is 69.7 cm³/mol. The molecule has 0 unspecified atom stereocenters. The Balaban J connectivity index is 2.42. The summed E-state index contributed by atoms with van der Waals surface area (Å²) in [6.07, 6.45) is 3.89. The molecule has 1 aromatic rings. The first-order valence-corrected chi connectivity index (χ1v) is 5.89. The van der Waals surface area contributed by atoms with E-state index in [-0.39, 0.29) is 0 Å². The van der Waals surface area contributed by atoms with Crippen LogP contribution in [0.2, 0.25) is 0 Å². The molecule has 2 N–H and O–H groups in total. The largest absolute Gasteiger partial charge is 0.493 e. The molecule has 1 aromatic heterocycles. The van der Waals surface area contributed by atoms with E-state index in [0.717, 1.165) is 18.8 Å². The van der Waals surface area contributed by atoms with Gasteiger partial charge in [0.25, 0.3) is 0 Å². The van der Waals surface area contributed by atoms with Crippen LogP contribution in [0.1, 0.15) is 32.4 Å². The molecule has 0 bridgehead atoms. The van der Waals surface area contributed by atoms with Crippen LogP contribution in [0.4, 0.5) is 0 Å². The van der Waals surface area contributed by atoms with Crippen LogP contribution < -0.4 is 10.5 Å². The fraction of sp³-hybridized carbons (Fsp3) is 0.500. The van der Waals surface area contributed by atoms with Gasteiger partial charge in [0.1, 0.15) is 16.4 Å². The number of aromatic nitrogens is 1. The quantitative estimate of drug-likeness (QED) is 0.611. The van der Waals surface area contributed by atoms with E-state index in [1.54, 1.807) is 12.3 Å². The van der Waals surface area contributed by atoms with Crippen molar-refractivity contribution >= 4 is 17.2 Å². The molecule has 0 aliphatic heterocycles. The summed E-state index contributed by atoms with van der Waals surface area (Å²) in [5.74, 6) is 1.50.